The van der Waals surface area contributed by atoms with E-state index in [1.165, 1.54) is 7.11 Å². The van der Waals surface area contributed by atoms with Gasteiger partial charge in [-0.25, -0.2) is 4.79 Å². The molecule has 0 aromatic heterocycles. The first-order valence-corrected chi connectivity index (χ1v) is 7.14. The summed E-state index contributed by atoms with van der Waals surface area (Å²) in [6.07, 6.45) is 0. The smallest absolute Gasteiger partial charge is 0.337 e. The third kappa shape index (κ3) is 4.03. The molecule has 100 valence electrons. The predicted octanol–water partition coefficient (Wildman–Crippen LogP) is 1.24. The zero-order valence-corrected chi connectivity index (χ0v) is 11.4. The highest BCUT2D eigenvalue weighted by atomic mass is 32.2. The van der Waals surface area contributed by atoms with Gasteiger partial charge in [-0.15, -0.1) is 0 Å². The minimum absolute atomic E-state index is 0.415. The SMILES string of the molecule is CCS(=O)CCNc1ccc(C(=O)OC)cc1N. The van der Waals surface area contributed by atoms with E-state index < -0.39 is 16.8 Å². The van der Waals surface area contributed by atoms with Gasteiger partial charge in [0.2, 0.25) is 0 Å². The molecule has 0 saturated carbocycles. The van der Waals surface area contributed by atoms with Crippen LogP contribution in [0.3, 0.4) is 0 Å². The van der Waals surface area contributed by atoms with E-state index in [4.69, 9.17) is 5.73 Å². The lowest BCUT2D eigenvalue weighted by molar-refractivity contribution is 0.0601. The lowest BCUT2D eigenvalue weighted by Gasteiger charge is -2.10. The first-order chi connectivity index (χ1) is 8.58. The molecule has 6 heteroatoms. The molecule has 0 bridgehead atoms. The summed E-state index contributed by atoms with van der Waals surface area (Å²) < 4.78 is 15.9. The predicted molar refractivity (Wildman–Crippen MR) is 74.2 cm³/mol. The normalized spacial score (nSPS) is 11.9. The molecule has 0 amide bonds. The average Bonchev–Trinajstić information content (AvgIpc) is 2.39. The Labute approximate surface area is 109 Å². The van der Waals surface area contributed by atoms with Crippen LogP contribution >= 0.6 is 0 Å². The van der Waals surface area contributed by atoms with Crippen LogP contribution in [0.2, 0.25) is 0 Å². The van der Waals surface area contributed by atoms with E-state index in [2.05, 4.69) is 10.1 Å². The van der Waals surface area contributed by atoms with Crippen LogP contribution < -0.4 is 11.1 Å². The molecule has 1 unspecified atom stereocenters. The third-order valence-corrected chi connectivity index (χ3v) is 3.74. The van der Waals surface area contributed by atoms with Crippen LogP contribution in [0.4, 0.5) is 11.4 Å². The summed E-state index contributed by atoms with van der Waals surface area (Å²) in [5.74, 6) is 0.813. The van der Waals surface area contributed by atoms with Crippen molar-refractivity contribution in [1.29, 1.82) is 0 Å². The van der Waals surface area contributed by atoms with Crippen LogP contribution in [0.15, 0.2) is 18.2 Å². The molecule has 0 spiro atoms. The van der Waals surface area contributed by atoms with Gasteiger partial charge < -0.3 is 15.8 Å². The number of benzene rings is 1. The molecule has 0 radical (unpaired) electrons. The Morgan fingerprint density at radius 3 is 2.78 bits per heavy atom. The Hall–Kier alpha value is -1.56. The second-order valence-corrected chi connectivity index (χ2v) is 5.52. The molecule has 1 aromatic rings. The summed E-state index contributed by atoms with van der Waals surface area (Å²) >= 11 is 0. The van der Waals surface area contributed by atoms with Crippen LogP contribution in [-0.4, -0.2) is 35.3 Å². The monoisotopic (exact) mass is 270 g/mol. The number of ether oxygens (including phenoxy) is 1. The van der Waals surface area contributed by atoms with E-state index in [0.717, 1.165) is 5.69 Å². The zero-order valence-electron chi connectivity index (χ0n) is 10.6. The maximum atomic E-state index is 11.3. The fourth-order valence-corrected chi connectivity index (χ4v) is 2.03. The maximum absolute atomic E-state index is 11.3. The minimum atomic E-state index is -0.798. The number of nitrogens with two attached hydrogens (primary N) is 1. The average molecular weight is 270 g/mol. The molecular formula is C12H18N2O3S. The lowest BCUT2D eigenvalue weighted by Crippen LogP contribution is -2.13. The summed E-state index contributed by atoms with van der Waals surface area (Å²) in [6, 6.07) is 4.92. The van der Waals surface area contributed by atoms with Crippen molar-refractivity contribution >= 4 is 28.1 Å². The number of hydrogen-bond acceptors (Lipinski definition) is 5. The molecule has 0 heterocycles. The van der Waals surface area contributed by atoms with Gasteiger partial charge in [0.1, 0.15) is 0 Å². The van der Waals surface area contributed by atoms with Crippen molar-refractivity contribution in [1.82, 2.24) is 0 Å². The van der Waals surface area contributed by atoms with Gasteiger partial charge in [0, 0.05) is 28.9 Å². The topological polar surface area (TPSA) is 81.4 Å². The van der Waals surface area contributed by atoms with Crippen LogP contribution in [0.25, 0.3) is 0 Å². The van der Waals surface area contributed by atoms with Gasteiger partial charge >= 0.3 is 5.97 Å². The van der Waals surface area contributed by atoms with Gasteiger partial charge in [-0.3, -0.25) is 4.21 Å². The van der Waals surface area contributed by atoms with Crippen molar-refractivity contribution < 1.29 is 13.7 Å². The second-order valence-electron chi connectivity index (χ2n) is 3.65. The first-order valence-electron chi connectivity index (χ1n) is 5.65. The Balaban J connectivity index is 2.63. The van der Waals surface area contributed by atoms with Crippen molar-refractivity contribution in [3.8, 4) is 0 Å². The number of carbonyl (C=O) groups excluding carboxylic acids is 1. The quantitative estimate of drug-likeness (QED) is 0.600. The van der Waals surface area contributed by atoms with Gasteiger partial charge in [0.05, 0.1) is 24.0 Å². The Kier molecular flexibility index (Phi) is 5.64. The zero-order chi connectivity index (χ0) is 13.5. The highest BCUT2D eigenvalue weighted by Crippen LogP contribution is 2.20. The number of anilines is 2. The highest BCUT2D eigenvalue weighted by molar-refractivity contribution is 7.84. The second kappa shape index (κ2) is 7.00. The molecular weight excluding hydrogens is 252 g/mol. The van der Waals surface area contributed by atoms with E-state index >= 15 is 0 Å². The molecule has 1 aromatic carbocycles. The van der Waals surface area contributed by atoms with Gasteiger partial charge in [0.15, 0.2) is 0 Å². The first kappa shape index (κ1) is 14.5. The van der Waals surface area contributed by atoms with Crippen molar-refractivity contribution in [3.63, 3.8) is 0 Å². The molecule has 3 N–H and O–H groups in total. The number of nitrogen functional groups attached to an aromatic ring is 1. The standard InChI is InChI=1S/C12H18N2O3S/c1-3-18(16)7-6-14-11-5-4-9(8-10(11)13)12(15)17-2/h4-5,8,14H,3,6-7,13H2,1-2H3. The Morgan fingerprint density at radius 2 is 2.22 bits per heavy atom. The summed E-state index contributed by atoms with van der Waals surface area (Å²) in [7, 11) is 0.526. The highest BCUT2D eigenvalue weighted by Gasteiger charge is 2.07. The summed E-state index contributed by atoms with van der Waals surface area (Å²) in [5, 5.41) is 3.09. The fourth-order valence-electron chi connectivity index (χ4n) is 1.41. The molecule has 5 nitrogen and oxygen atoms in total. The molecule has 0 aliphatic rings. The van der Waals surface area contributed by atoms with Gasteiger partial charge in [0.25, 0.3) is 0 Å². The van der Waals surface area contributed by atoms with E-state index in [1.807, 2.05) is 6.92 Å². The molecule has 1 rings (SSSR count). The van der Waals surface area contributed by atoms with E-state index in [0.29, 0.717) is 29.3 Å². The van der Waals surface area contributed by atoms with Crippen LogP contribution in [0, 0.1) is 0 Å². The number of hydrogen-bond donors (Lipinski definition) is 2. The van der Waals surface area contributed by atoms with Crippen LogP contribution in [-0.2, 0) is 15.5 Å². The van der Waals surface area contributed by atoms with Gasteiger partial charge in [-0.05, 0) is 18.2 Å². The molecule has 1 atom stereocenters. The molecule has 0 fully saturated rings. The fraction of sp³-hybridized carbons (Fsp3) is 0.417. The summed E-state index contributed by atoms with van der Waals surface area (Å²) in [6.45, 7) is 2.47. The lowest BCUT2D eigenvalue weighted by atomic mass is 10.2. The van der Waals surface area contributed by atoms with E-state index in [1.54, 1.807) is 18.2 Å². The Morgan fingerprint density at radius 1 is 1.50 bits per heavy atom. The minimum Gasteiger partial charge on any atom is -0.465 e. The van der Waals surface area contributed by atoms with Crippen molar-refractivity contribution in [3.05, 3.63) is 23.8 Å². The largest absolute Gasteiger partial charge is 0.465 e. The van der Waals surface area contributed by atoms with Crippen LogP contribution in [0.1, 0.15) is 17.3 Å². The number of esters is 1. The molecule has 0 aliphatic carbocycles. The third-order valence-electron chi connectivity index (χ3n) is 2.44. The van der Waals surface area contributed by atoms with Gasteiger partial charge in [-0.1, -0.05) is 6.92 Å². The number of methoxy groups -OCH3 is 1. The number of carbonyl (C=O) groups is 1. The van der Waals surface area contributed by atoms with Crippen molar-refractivity contribution in [2.24, 2.45) is 0 Å². The van der Waals surface area contributed by atoms with Gasteiger partial charge in [-0.2, -0.15) is 0 Å². The van der Waals surface area contributed by atoms with Crippen molar-refractivity contribution in [2.75, 3.05) is 36.2 Å². The maximum Gasteiger partial charge on any atom is 0.337 e. The summed E-state index contributed by atoms with van der Waals surface area (Å²) in [4.78, 5) is 11.3. The molecule has 18 heavy (non-hydrogen) atoms. The van der Waals surface area contributed by atoms with Crippen LogP contribution in [0.5, 0.6) is 0 Å². The van der Waals surface area contributed by atoms with E-state index in [9.17, 15) is 9.00 Å². The van der Waals surface area contributed by atoms with Crippen molar-refractivity contribution in [2.45, 2.75) is 6.92 Å². The van der Waals surface area contributed by atoms with E-state index in [-0.39, 0.29) is 0 Å². The number of nitrogens with one attached hydrogen (secondary N) is 1. The summed E-state index contributed by atoms with van der Waals surface area (Å²) in [5.41, 5.74) is 7.44. The number of rotatable bonds is 6. The Bertz CT molecular complexity index is 449. The molecule has 0 saturated heterocycles. The molecule has 0 aliphatic heterocycles.